The van der Waals surface area contributed by atoms with Gasteiger partial charge in [0, 0.05) is 0 Å². The Morgan fingerprint density at radius 2 is 1.82 bits per heavy atom. The van der Waals surface area contributed by atoms with Gasteiger partial charge in [-0.3, -0.25) is 9.36 Å². The molecule has 0 saturated heterocycles. The van der Waals surface area contributed by atoms with Gasteiger partial charge in [0.1, 0.15) is 18.1 Å². The maximum absolute atomic E-state index is 13.8. The summed E-state index contributed by atoms with van der Waals surface area (Å²) in [6.45, 7) is 10.2. The van der Waals surface area contributed by atoms with Crippen LogP contribution in [0.15, 0.2) is 79.1 Å². The van der Waals surface area contributed by atoms with Crippen LogP contribution in [0.1, 0.15) is 37.9 Å². The molecule has 10 heteroatoms. The van der Waals surface area contributed by atoms with Gasteiger partial charge >= 0.3 is 5.97 Å². The lowest BCUT2D eigenvalue weighted by Gasteiger charge is -2.24. The van der Waals surface area contributed by atoms with Crippen molar-refractivity contribution in [3.8, 4) is 11.5 Å². The first-order valence-corrected chi connectivity index (χ1v) is 14.3. The zero-order chi connectivity index (χ0) is 27.4. The molecule has 2 heterocycles. The summed E-state index contributed by atoms with van der Waals surface area (Å²) < 4.78 is 20.2. The Labute approximate surface area is 241 Å². The van der Waals surface area contributed by atoms with E-state index in [0.29, 0.717) is 45.3 Å². The Hall–Kier alpha value is -2.95. The minimum absolute atomic E-state index is 0.211. The molecule has 2 aromatic carbocycles. The van der Waals surface area contributed by atoms with Gasteiger partial charge in [0.05, 0.1) is 44.0 Å². The van der Waals surface area contributed by atoms with Crippen LogP contribution in [0.4, 0.5) is 0 Å². The third-order valence-corrected chi connectivity index (χ3v) is 7.85. The van der Waals surface area contributed by atoms with Crippen molar-refractivity contribution in [1.29, 1.82) is 0 Å². The largest absolute Gasteiger partial charge is 0.492 e. The van der Waals surface area contributed by atoms with Gasteiger partial charge in [-0.2, -0.15) is 0 Å². The highest BCUT2D eigenvalue weighted by Crippen LogP contribution is 2.35. The molecule has 0 radical (unpaired) electrons. The number of benzene rings is 2. The Bertz CT molecular complexity index is 1570. The fourth-order valence-corrected chi connectivity index (χ4v) is 6.60. The van der Waals surface area contributed by atoms with Crippen LogP contribution in [0, 0.1) is 0 Å². The minimum atomic E-state index is -0.695. The SMILES string of the molecule is C=CCOc1ccc([C@@H]2C(C(=O)OCC)=C(C)N=c3s/c(=C\c4cc(Br)c(OCC)c(Br)c4)c(=O)n32)cc1. The topological polar surface area (TPSA) is 79.1 Å². The lowest BCUT2D eigenvalue weighted by molar-refractivity contribution is -0.139. The summed E-state index contributed by atoms with van der Waals surface area (Å²) in [5, 5.41) is 0. The molecule has 0 unspecified atom stereocenters. The van der Waals surface area contributed by atoms with E-state index in [-0.39, 0.29) is 12.2 Å². The molecule has 198 valence electrons. The number of fused-ring (bicyclic) bond motifs is 1. The number of allylic oxidation sites excluding steroid dienone is 1. The number of carbonyl (C=O) groups is 1. The first-order valence-electron chi connectivity index (χ1n) is 11.9. The molecule has 0 aliphatic carbocycles. The van der Waals surface area contributed by atoms with E-state index in [2.05, 4.69) is 43.4 Å². The second-order valence-electron chi connectivity index (χ2n) is 8.22. The first kappa shape index (κ1) is 28.1. The van der Waals surface area contributed by atoms with E-state index in [9.17, 15) is 9.59 Å². The molecule has 38 heavy (non-hydrogen) atoms. The number of hydrogen-bond donors (Lipinski definition) is 0. The van der Waals surface area contributed by atoms with Crippen LogP contribution in [0.25, 0.3) is 6.08 Å². The van der Waals surface area contributed by atoms with Gasteiger partial charge < -0.3 is 14.2 Å². The number of ether oxygens (including phenoxy) is 3. The van der Waals surface area contributed by atoms with Gasteiger partial charge in [0.25, 0.3) is 5.56 Å². The van der Waals surface area contributed by atoms with E-state index in [4.69, 9.17) is 14.2 Å². The van der Waals surface area contributed by atoms with Gasteiger partial charge in [0.2, 0.25) is 0 Å². The molecular formula is C28H26Br2N2O5S. The predicted octanol–water partition coefficient (Wildman–Crippen LogP) is 5.29. The van der Waals surface area contributed by atoms with Crippen molar-refractivity contribution in [3.05, 3.63) is 100 Å². The smallest absolute Gasteiger partial charge is 0.338 e. The number of nitrogens with zero attached hydrogens (tertiary/aromatic N) is 2. The molecule has 1 atom stereocenters. The normalized spacial score (nSPS) is 15.1. The van der Waals surface area contributed by atoms with E-state index in [0.717, 1.165) is 20.1 Å². The standard InChI is InChI=1S/C28H26Br2N2O5S/c1-5-12-37-19-10-8-18(9-11-19)24-23(27(34)36-7-3)16(4)31-28-32(24)26(33)22(38-28)15-17-13-20(29)25(35-6-2)21(30)14-17/h5,8-11,13-15,24H,1,6-7,12H2,2-4H3/b22-15-/t24-/m1/s1. The zero-order valence-corrected chi connectivity index (χ0v) is 25.1. The maximum Gasteiger partial charge on any atom is 0.338 e. The molecule has 0 N–H and O–H groups in total. The molecular weight excluding hydrogens is 636 g/mol. The Morgan fingerprint density at radius 1 is 1.13 bits per heavy atom. The molecule has 0 amide bonds. The average molecular weight is 662 g/mol. The first-order chi connectivity index (χ1) is 18.3. The van der Waals surface area contributed by atoms with Gasteiger partial charge in [-0.1, -0.05) is 36.1 Å². The monoisotopic (exact) mass is 660 g/mol. The van der Waals surface area contributed by atoms with Crippen molar-refractivity contribution < 1.29 is 19.0 Å². The van der Waals surface area contributed by atoms with Gasteiger partial charge in [-0.05, 0) is 94.1 Å². The van der Waals surface area contributed by atoms with Crippen LogP contribution >= 0.6 is 43.2 Å². The number of rotatable bonds is 9. The highest BCUT2D eigenvalue weighted by Gasteiger charge is 2.33. The number of thiazole rings is 1. The Kier molecular flexibility index (Phi) is 9.07. The molecule has 0 spiro atoms. The van der Waals surface area contributed by atoms with Crippen molar-refractivity contribution in [1.82, 2.24) is 4.57 Å². The van der Waals surface area contributed by atoms with Crippen molar-refractivity contribution in [2.24, 2.45) is 4.99 Å². The fourth-order valence-electron chi connectivity index (χ4n) is 4.10. The van der Waals surface area contributed by atoms with Crippen LogP contribution in [0.2, 0.25) is 0 Å². The summed E-state index contributed by atoms with van der Waals surface area (Å²) in [5.74, 6) is 0.854. The number of esters is 1. The summed E-state index contributed by atoms with van der Waals surface area (Å²) >= 11 is 8.37. The highest BCUT2D eigenvalue weighted by atomic mass is 79.9. The lowest BCUT2D eigenvalue weighted by Crippen LogP contribution is -2.39. The third kappa shape index (κ3) is 5.72. The summed E-state index contributed by atoms with van der Waals surface area (Å²) in [7, 11) is 0. The number of halogens is 2. The summed E-state index contributed by atoms with van der Waals surface area (Å²) in [4.78, 5) is 32.0. The van der Waals surface area contributed by atoms with Crippen LogP contribution in [-0.2, 0) is 9.53 Å². The number of hydrogen-bond acceptors (Lipinski definition) is 7. The molecule has 1 aromatic heterocycles. The zero-order valence-electron chi connectivity index (χ0n) is 21.1. The molecule has 1 aliphatic rings. The number of aromatic nitrogens is 1. The Morgan fingerprint density at radius 3 is 2.42 bits per heavy atom. The summed E-state index contributed by atoms with van der Waals surface area (Å²) in [6.07, 6.45) is 3.47. The molecule has 1 aliphatic heterocycles. The van der Waals surface area contributed by atoms with Crippen LogP contribution in [0.5, 0.6) is 11.5 Å². The third-order valence-electron chi connectivity index (χ3n) is 5.69. The average Bonchev–Trinajstić information content (AvgIpc) is 3.18. The number of carbonyl (C=O) groups excluding carboxylic acids is 1. The predicted molar refractivity (Wildman–Crippen MR) is 156 cm³/mol. The lowest BCUT2D eigenvalue weighted by atomic mass is 9.96. The molecule has 3 aromatic rings. The van der Waals surface area contributed by atoms with Gasteiger partial charge in [0.15, 0.2) is 4.80 Å². The van der Waals surface area contributed by atoms with Gasteiger partial charge in [-0.25, -0.2) is 9.79 Å². The van der Waals surface area contributed by atoms with Crippen LogP contribution in [0.3, 0.4) is 0 Å². The van der Waals surface area contributed by atoms with Crippen molar-refractivity contribution in [2.75, 3.05) is 19.8 Å². The second kappa shape index (κ2) is 12.3. The minimum Gasteiger partial charge on any atom is -0.492 e. The maximum atomic E-state index is 13.8. The molecule has 7 nitrogen and oxygen atoms in total. The van der Waals surface area contributed by atoms with Crippen molar-refractivity contribution >= 4 is 55.2 Å². The van der Waals surface area contributed by atoms with E-state index < -0.39 is 12.0 Å². The fraction of sp³-hybridized carbons (Fsp3) is 0.250. The Balaban J connectivity index is 1.87. The molecule has 0 saturated carbocycles. The molecule has 0 bridgehead atoms. The van der Waals surface area contributed by atoms with Crippen LogP contribution < -0.4 is 24.4 Å². The van der Waals surface area contributed by atoms with Gasteiger partial charge in [-0.15, -0.1) is 0 Å². The van der Waals surface area contributed by atoms with Crippen molar-refractivity contribution in [2.45, 2.75) is 26.8 Å². The van der Waals surface area contributed by atoms with E-state index in [1.807, 2.05) is 49.4 Å². The van der Waals surface area contributed by atoms with Crippen molar-refractivity contribution in [3.63, 3.8) is 0 Å². The summed E-state index contributed by atoms with van der Waals surface area (Å²) in [6, 6.07) is 10.4. The highest BCUT2D eigenvalue weighted by molar-refractivity contribution is 9.11. The van der Waals surface area contributed by atoms with Crippen LogP contribution in [-0.4, -0.2) is 30.4 Å². The molecule has 0 fully saturated rings. The van der Waals surface area contributed by atoms with E-state index in [1.165, 1.54) is 11.3 Å². The summed E-state index contributed by atoms with van der Waals surface area (Å²) in [5.41, 5.74) is 2.14. The van der Waals surface area contributed by atoms with E-state index in [1.54, 1.807) is 24.5 Å². The van der Waals surface area contributed by atoms with E-state index >= 15 is 0 Å². The second-order valence-corrected chi connectivity index (χ2v) is 10.9. The molecule has 4 rings (SSSR count). The quantitative estimate of drug-likeness (QED) is 0.230.